The van der Waals surface area contributed by atoms with Gasteiger partial charge in [-0.05, 0) is 52.8 Å². The average Bonchev–Trinajstić information content (AvgIpc) is 2.90. The zero-order valence-electron chi connectivity index (χ0n) is 15.8. The molecule has 0 spiro atoms. The Balaban J connectivity index is 2.07. The summed E-state index contributed by atoms with van der Waals surface area (Å²) in [5.41, 5.74) is -0.525. The molecule has 8 heteroatoms. The summed E-state index contributed by atoms with van der Waals surface area (Å²) in [7, 11) is 0. The van der Waals surface area contributed by atoms with Gasteiger partial charge >= 0.3 is 0 Å². The van der Waals surface area contributed by atoms with Crippen LogP contribution in [0.15, 0.2) is 54.6 Å². The molecule has 0 saturated heterocycles. The lowest BCUT2D eigenvalue weighted by atomic mass is 9.82. The third-order valence-electron chi connectivity index (χ3n) is 5.07. The number of amides is 1. The van der Waals surface area contributed by atoms with Gasteiger partial charge in [0.15, 0.2) is 5.60 Å². The lowest BCUT2D eigenvalue weighted by Crippen LogP contribution is -2.44. The minimum Gasteiger partial charge on any atom is -0.396 e. The van der Waals surface area contributed by atoms with Crippen LogP contribution in [0, 0.1) is 19.6 Å². The first-order valence-electron chi connectivity index (χ1n) is 9.14. The van der Waals surface area contributed by atoms with E-state index in [1.807, 2.05) is 24.3 Å². The largest absolute Gasteiger partial charge is 0.396 e. The van der Waals surface area contributed by atoms with Gasteiger partial charge in [-0.25, -0.2) is 0 Å². The Morgan fingerprint density at radius 2 is 2.07 bits per heavy atom. The summed E-state index contributed by atoms with van der Waals surface area (Å²) in [4.78, 5) is 25.5. The molecule has 0 aromatic heterocycles. The number of benzene rings is 2. The van der Waals surface area contributed by atoms with Crippen molar-refractivity contribution in [3.63, 3.8) is 0 Å². The van der Waals surface area contributed by atoms with Gasteiger partial charge in [0.1, 0.15) is 0 Å². The number of hydrogen-bond donors (Lipinski definition) is 2. The number of carbonyl (C=O) groups excluding carboxylic acids is 1. The number of halogens is 1. The van der Waals surface area contributed by atoms with Crippen LogP contribution in [-0.2, 0) is 16.9 Å². The highest BCUT2D eigenvalue weighted by Gasteiger charge is 2.53. The maximum Gasteiger partial charge on any atom is 0.269 e. The number of non-ortho nitro benzene ring substituents is 1. The molecule has 1 aliphatic heterocycles. The molecule has 2 aromatic rings. The van der Waals surface area contributed by atoms with Gasteiger partial charge in [-0.15, -0.1) is 0 Å². The van der Waals surface area contributed by atoms with Gasteiger partial charge in [0, 0.05) is 33.8 Å². The summed E-state index contributed by atoms with van der Waals surface area (Å²) in [6.07, 6.45) is 3.74. The lowest BCUT2D eigenvalue weighted by Gasteiger charge is -2.27. The molecule has 29 heavy (non-hydrogen) atoms. The minimum atomic E-state index is -1.92. The molecule has 0 aliphatic carbocycles. The fraction of sp³-hybridized carbons (Fsp3) is 0.286. The van der Waals surface area contributed by atoms with E-state index in [0.29, 0.717) is 12.1 Å². The van der Waals surface area contributed by atoms with Crippen LogP contribution in [0.1, 0.15) is 24.5 Å². The molecule has 7 nitrogen and oxygen atoms in total. The molecule has 1 amide bonds. The quantitative estimate of drug-likeness (QED) is 0.258. The maximum atomic E-state index is 13.3. The van der Waals surface area contributed by atoms with Crippen molar-refractivity contribution in [1.29, 1.82) is 0 Å². The van der Waals surface area contributed by atoms with Crippen LogP contribution >= 0.6 is 22.6 Å². The monoisotopic (exact) mass is 508 g/mol. The van der Waals surface area contributed by atoms with E-state index in [1.165, 1.54) is 23.1 Å². The SMILES string of the molecule is C[C@@H](/C=C/CCO)[C@]1(O)C(=O)N(Cc2cccc(I)c2)c2ccc([N+](=O)[O-])cc21. The van der Waals surface area contributed by atoms with Gasteiger partial charge in [0.05, 0.1) is 17.2 Å². The zero-order valence-corrected chi connectivity index (χ0v) is 17.9. The first-order valence-corrected chi connectivity index (χ1v) is 10.2. The molecule has 3 rings (SSSR count). The number of aliphatic hydroxyl groups excluding tert-OH is 1. The van der Waals surface area contributed by atoms with Crippen molar-refractivity contribution in [2.75, 3.05) is 11.5 Å². The van der Waals surface area contributed by atoms with E-state index in [0.717, 1.165) is 9.13 Å². The van der Waals surface area contributed by atoms with E-state index in [4.69, 9.17) is 5.11 Å². The normalized spacial score (nSPS) is 19.6. The predicted octanol–water partition coefficient (Wildman–Crippen LogP) is 3.51. The second-order valence-corrected chi connectivity index (χ2v) is 8.22. The number of carbonyl (C=O) groups is 1. The van der Waals surface area contributed by atoms with Crippen molar-refractivity contribution in [3.05, 3.63) is 79.4 Å². The number of hydrogen-bond acceptors (Lipinski definition) is 5. The molecular formula is C21H21IN2O5. The highest BCUT2D eigenvalue weighted by molar-refractivity contribution is 14.1. The van der Waals surface area contributed by atoms with Crippen molar-refractivity contribution < 1.29 is 19.9 Å². The number of rotatable bonds is 7. The molecule has 0 fully saturated rings. The molecule has 2 aromatic carbocycles. The van der Waals surface area contributed by atoms with Crippen molar-refractivity contribution in [1.82, 2.24) is 0 Å². The first-order chi connectivity index (χ1) is 13.8. The molecule has 1 aliphatic rings. The number of fused-ring (bicyclic) bond motifs is 1. The molecule has 2 atom stereocenters. The van der Waals surface area contributed by atoms with Gasteiger partial charge in [0.25, 0.3) is 11.6 Å². The van der Waals surface area contributed by atoms with Crippen molar-refractivity contribution in [2.24, 2.45) is 5.92 Å². The van der Waals surface area contributed by atoms with Gasteiger partial charge in [-0.2, -0.15) is 0 Å². The van der Waals surface area contributed by atoms with Crippen molar-refractivity contribution >= 4 is 39.9 Å². The molecule has 0 saturated carbocycles. The second kappa shape index (κ2) is 8.60. The van der Waals surface area contributed by atoms with Crippen LogP contribution in [0.4, 0.5) is 11.4 Å². The maximum absolute atomic E-state index is 13.3. The predicted molar refractivity (Wildman–Crippen MR) is 117 cm³/mol. The molecular weight excluding hydrogens is 487 g/mol. The van der Waals surface area contributed by atoms with E-state index in [2.05, 4.69) is 22.6 Å². The van der Waals surface area contributed by atoms with Gasteiger partial charge < -0.3 is 15.1 Å². The molecule has 2 N–H and O–H groups in total. The fourth-order valence-corrected chi connectivity index (χ4v) is 4.15. The Bertz CT molecular complexity index is 977. The van der Waals surface area contributed by atoms with Crippen LogP contribution in [0.25, 0.3) is 0 Å². The number of nitrogens with zero attached hydrogens (tertiary/aromatic N) is 2. The molecule has 0 bridgehead atoms. The summed E-state index contributed by atoms with van der Waals surface area (Å²) in [5.74, 6) is -1.16. The summed E-state index contributed by atoms with van der Waals surface area (Å²) in [5, 5.41) is 31.7. The van der Waals surface area contributed by atoms with Crippen LogP contribution in [0.2, 0.25) is 0 Å². The number of nitro groups is 1. The van der Waals surface area contributed by atoms with E-state index < -0.39 is 22.3 Å². The zero-order chi connectivity index (χ0) is 21.2. The van der Waals surface area contributed by atoms with Crippen LogP contribution < -0.4 is 4.90 Å². The highest BCUT2D eigenvalue weighted by Crippen LogP contribution is 2.47. The third kappa shape index (κ3) is 4.05. The van der Waals surface area contributed by atoms with Crippen LogP contribution in [0.3, 0.4) is 0 Å². The summed E-state index contributed by atoms with van der Waals surface area (Å²) in [6.45, 7) is 1.88. The number of anilines is 1. The highest BCUT2D eigenvalue weighted by atomic mass is 127. The van der Waals surface area contributed by atoms with Gasteiger partial charge in [0.2, 0.25) is 0 Å². The molecule has 0 unspecified atom stereocenters. The van der Waals surface area contributed by atoms with E-state index in [1.54, 1.807) is 19.1 Å². The van der Waals surface area contributed by atoms with E-state index in [-0.39, 0.29) is 24.4 Å². The lowest BCUT2D eigenvalue weighted by molar-refractivity contribution is -0.385. The standard InChI is InChI=1S/C21H21IN2O5/c1-14(5-2-3-10-25)21(27)18-12-17(24(28)29)8-9-19(18)23(20(21)26)13-15-6-4-7-16(22)11-15/h2,4-9,11-12,14,25,27H,3,10,13H2,1H3/b5-2+/t14-,21+/m0/s1. The van der Waals surface area contributed by atoms with Crippen molar-refractivity contribution in [2.45, 2.75) is 25.5 Å². The summed E-state index contributed by atoms with van der Waals surface area (Å²) in [6, 6.07) is 11.8. The van der Waals surface area contributed by atoms with E-state index >= 15 is 0 Å². The first kappa shape index (κ1) is 21.4. The Hall–Kier alpha value is -2.30. The Labute approximate surface area is 182 Å². The van der Waals surface area contributed by atoms with Crippen LogP contribution in [-0.4, -0.2) is 27.7 Å². The van der Waals surface area contributed by atoms with Gasteiger partial charge in [-0.3, -0.25) is 14.9 Å². The van der Waals surface area contributed by atoms with Gasteiger partial charge in [-0.1, -0.05) is 31.2 Å². The Morgan fingerprint density at radius 3 is 2.72 bits per heavy atom. The Kier molecular flexibility index (Phi) is 6.35. The smallest absolute Gasteiger partial charge is 0.269 e. The second-order valence-electron chi connectivity index (χ2n) is 6.98. The molecule has 0 radical (unpaired) electrons. The topological polar surface area (TPSA) is 104 Å². The van der Waals surface area contributed by atoms with Crippen LogP contribution in [0.5, 0.6) is 0 Å². The number of nitro benzene ring substituents is 1. The average molecular weight is 508 g/mol. The number of aliphatic hydroxyl groups is 2. The molecule has 152 valence electrons. The summed E-state index contributed by atoms with van der Waals surface area (Å²) < 4.78 is 1.02. The minimum absolute atomic E-state index is 0.0452. The summed E-state index contributed by atoms with van der Waals surface area (Å²) >= 11 is 2.19. The molecule has 1 heterocycles. The van der Waals surface area contributed by atoms with E-state index in [9.17, 15) is 20.0 Å². The Morgan fingerprint density at radius 1 is 1.31 bits per heavy atom. The fourth-order valence-electron chi connectivity index (χ4n) is 3.54. The third-order valence-corrected chi connectivity index (χ3v) is 5.74. The van der Waals surface area contributed by atoms with Crippen molar-refractivity contribution in [3.8, 4) is 0 Å².